The van der Waals surface area contributed by atoms with Crippen LogP contribution in [0.2, 0.25) is 0 Å². The van der Waals surface area contributed by atoms with Gasteiger partial charge in [0.2, 0.25) is 11.8 Å². The Morgan fingerprint density at radius 2 is 2.10 bits per heavy atom. The molecule has 1 aliphatic rings. The first-order valence-electron chi connectivity index (χ1n) is 9.55. The van der Waals surface area contributed by atoms with E-state index in [1.54, 1.807) is 18.1 Å². The highest BCUT2D eigenvalue weighted by Gasteiger charge is 2.27. The second-order valence-electron chi connectivity index (χ2n) is 6.66. The van der Waals surface area contributed by atoms with Gasteiger partial charge in [-0.1, -0.05) is 30.3 Å². The van der Waals surface area contributed by atoms with E-state index in [4.69, 9.17) is 9.47 Å². The maximum absolute atomic E-state index is 12.4. The van der Waals surface area contributed by atoms with Gasteiger partial charge in [-0.2, -0.15) is 5.26 Å². The second kappa shape index (κ2) is 10.7. The van der Waals surface area contributed by atoms with E-state index in [0.717, 1.165) is 16.0 Å². The van der Waals surface area contributed by atoms with Gasteiger partial charge in [-0.15, -0.1) is 11.3 Å². The molecule has 0 saturated carbocycles. The van der Waals surface area contributed by atoms with E-state index < -0.39 is 0 Å². The van der Waals surface area contributed by atoms with Gasteiger partial charge in [0.05, 0.1) is 25.3 Å². The van der Waals surface area contributed by atoms with E-state index in [0.29, 0.717) is 43.3 Å². The number of hydrogen-bond donors (Lipinski definition) is 1. The molecule has 156 valence electrons. The molecule has 0 atom stereocenters. The van der Waals surface area contributed by atoms with Gasteiger partial charge in [0.15, 0.2) is 0 Å². The van der Waals surface area contributed by atoms with E-state index in [1.165, 1.54) is 17.4 Å². The van der Waals surface area contributed by atoms with Crippen LogP contribution < -0.4 is 5.32 Å². The quantitative estimate of drug-likeness (QED) is 0.519. The molecule has 0 bridgehead atoms. The highest BCUT2D eigenvalue weighted by atomic mass is 32.1. The van der Waals surface area contributed by atoms with Crippen LogP contribution in [0.15, 0.2) is 36.4 Å². The lowest BCUT2D eigenvalue weighted by Crippen LogP contribution is -2.38. The maximum Gasteiger partial charge on any atom is 0.249 e. The van der Waals surface area contributed by atoms with Crippen LogP contribution in [-0.4, -0.2) is 50.2 Å². The molecule has 2 amide bonds. The van der Waals surface area contributed by atoms with Crippen molar-refractivity contribution in [2.24, 2.45) is 0 Å². The number of nitrogens with one attached hydrogen (secondary N) is 1. The number of fused-ring (bicyclic) bond motifs is 1. The zero-order chi connectivity index (χ0) is 21.3. The molecule has 7 nitrogen and oxygen atoms in total. The summed E-state index contributed by atoms with van der Waals surface area (Å²) in [7, 11) is 1.58. The number of hydrogen-bond acceptors (Lipinski definition) is 6. The number of carbonyl (C=O) groups is 2. The lowest BCUT2D eigenvalue weighted by atomic mass is 10.0. The lowest BCUT2D eigenvalue weighted by molar-refractivity contribution is -0.137. The minimum atomic E-state index is -0.298. The number of nitriles is 1. The van der Waals surface area contributed by atoms with Crippen LogP contribution in [0.1, 0.15) is 21.6 Å². The Bertz CT molecular complexity index is 963. The molecule has 0 aliphatic carbocycles. The minimum absolute atomic E-state index is 0.00303. The Hall–Kier alpha value is -2.99. The third-order valence-electron chi connectivity index (χ3n) is 4.64. The van der Waals surface area contributed by atoms with Gasteiger partial charge in [-0.05, 0) is 23.6 Å². The van der Waals surface area contributed by atoms with Crippen LogP contribution in [0.4, 0.5) is 5.00 Å². The fraction of sp³-hybridized carbons (Fsp3) is 0.318. The van der Waals surface area contributed by atoms with Crippen LogP contribution in [0.3, 0.4) is 0 Å². The number of rotatable bonds is 8. The van der Waals surface area contributed by atoms with E-state index in [9.17, 15) is 14.9 Å². The molecule has 2 heterocycles. The topological polar surface area (TPSA) is 91.7 Å². The van der Waals surface area contributed by atoms with Crippen molar-refractivity contribution in [2.75, 3.05) is 38.8 Å². The standard InChI is InChI=1S/C22H23N3O4S/c1-28-11-12-29-15-21(27)25-10-9-17-18(13-23)22(30-19(17)14-25)24-20(26)8-7-16-5-3-2-4-6-16/h2-8H,9-12,14-15H2,1H3,(H,24,26)/b8-7+. The molecule has 0 fully saturated rings. The summed E-state index contributed by atoms with van der Waals surface area (Å²) in [4.78, 5) is 27.3. The molecule has 0 radical (unpaired) electrons. The Morgan fingerprint density at radius 1 is 1.30 bits per heavy atom. The molecule has 1 aliphatic heterocycles. The summed E-state index contributed by atoms with van der Waals surface area (Å²) in [6.45, 7) is 1.74. The van der Waals surface area contributed by atoms with E-state index in [2.05, 4.69) is 11.4 Å². The number of anilines is 1. The Labute approximate surface area is 179 Å². The molecule has 30 heavy (non-hydrogen) atoms. The first-order chi connectivity index (χ1) is 14.6. The zero-order valence-corrected chi connectivity index (χ0v) is 17.5. The minimum Gasteiger partial charge on any atom is -0.382 e. The normalized spacial score (nSPS) is 13.1. The fourth-order valence-corrected chi connectivity index (χ4v) is 4.32. The number of amides is 2. The average molecular weight is 426 g/mol. The summed E-state index contributed by atoms with van der Waals surface area (Å²) in [5.41, 5.74) is 2.31. The maximum atomic E-state index is 12.4. The van der Waals surface area contributed by atoms with E-state index >= 15 is 0 Å². The van der Waals surface area contributed by atoms with Crippen molar-refractivity contribution < 1.29 is 19.1 Å². The largest absolute Gasteiger partial charge is 0.382 e. The summed E-state index contributed by atoms with van der Waals surface area (Å²) in [6, 6.07) is 11.7. The average Bonchev–Trinajstić information content (AvgIpc) is 3.11. The molecule has 1 aromatic carbocycles. The van der Waals surface area contributed by atoms with Crippen LogP contribution in [0, 0.1) is 11.3 Å². The summed E-state index contributed by atoms with van der Waals surface area (Å²) < 4.78 is 10.2. The van der Waals surface area contributed by atoms with Gasteiger partial charge < -0.3 is 19.7 Å². The summed E-state index contributed by atoms with van der Waals surface area (Å²) in [5.74, 6) is -0.395. The monoisotopic (exact) mass is 425 g/mol. The molecular formula is C22H23N3O4S. The van der Waals surface area contributed by atoms with Crippen LogP contribution in [0.25, 0.3) is 6.08 Å². The van der Waals surface area contributed by atoms with Crippen molar-refractivity contribution >= 4 is 34.2 Å². The molecule has 8 heteroatoms. The first-order valence-corrected chi connectivity index (χ1v) is 10.4. The first kappa shape index (κ1) is 21.7. The summed E-state index contributed by atoms with van der Waals surface area (Å²) in [5, 5.41) is 12.9. The van der Waals surface area contributed by atoms with Crippen LogP contribution in [-0.2, 0) is 32.0 Å². The fourth-order valence-electron chi connectivity index (χ4n) is 3.11. The lowest BCUT2D eigenvalue weighted by Gasteiger charge is -2.26. The van der Waals surface area contributed by atoms with Gasteiger partial charge in [-0.25, -0.2) is 0 Å². The third-order valence-corrected chi connectivity index (χ3v) is 5.77. The molecule has 0 unspecified atom stereocenters. The van der Waals surface area contributed by atoms with Crippen LogP contribution >= 0.6 is 11.3 Å². The molecule has 0 spiro atoms. The van der Waals surface area contributed by atoms with E-state index in [1.807, 2.05) is 30.3 Å². The predicted molar refractivity (Wildman–Crippen MR) is 115 cm³/mol. The van der Waals surface area contributed by atoms with Gasteiger partial charge in [-0.3, -0.25) is 9.59 Å². The summed E-state index contributed by atoms with van der Waals surface area (Å²) >= 11 is 1.35. The third kappa shape index (κ3) is 5.54. The smallest absolute Gasteiger partial charge is 0.249 e. The number of ether oxygens (including phenoxy) is 2. The van der Waals surface area contributed by atoms with Crippen molar-refractivity contribution in [1.29, 1.82) is 5.26 Å². The number of methoxy groups -OCH3 is 1. The van der Waals surface area contributed by atoms with Crippen molar-refractivity contribution in [3.8, 4) is 6.07 Å². The molecule has 1 N–H and O–H groups in total. The number of nitrogens with zero attached hydrogens (tertiary/aromatic N) is 2. The van der Waals surface area contributed by atoms with Crippen molar-refractivity contribution in [3.63, 3.8) is 0 Å². The number of carbonyl (C=O) groups excluding carboxylic acids is 2. The van der Waals surface area contributed by atoms with Gasteiger partial charge >= 0.3 is 0 Å². The SMILES string of the molecule is COCCOCC(=O)N1CCc2c(sc(NC(=O)/C=C/c3ccccc3)c2C#N)C1. The van der Waals surface area contributed by atoms with Crippen LogP contribution in [0.5, 0.6) is 0 Å². The Kier molecular flexibility index (Phi) is 7.74. The van der Waals surface area contributed by atoms with Gasteiger partial charge in [0, 0.05) is 24.6 Å². The van der Waals surface area contributed by atoms with Crippen molar-refractivity contribution in [1.82, 2.24) is 4.90 Å². The Morgan fingerprint density at radius 3 is 2.83 bits per heavy atom. The van der Waals surface area contributed by atoms with Gasteiger partial charge in [0.1, 0.15) is 17.7 Å². The van der Waals surface area contributed by atoms with Gasteiger partial charge in [0.25, 0.3) is 0 Å². The highest BCUT2D eigenvalue weighted by molar-refractivity contribution is 7.16. The molecular weight excluding hydrogens is 402 g/mol. The second-order valence-corrected chi connectivity index (χ2v) is 7.77. The zero-order valence-electron chi connectivity index (χ0n) is 16.7. The predicted octanol–water partition coefficient (Wildman–Crippen LogP) is 2.82. The number of benzene rings is 1. The molecule has 0 saturated heterocycles. The highest BCUT2D eigenvalue weighted by Crippen LogP contribution is 2.36. The molecule has 2 aromatic rings. The Balaban J connectivity index is 1.64. The summed E-state index contributed by atoms with van der Waals surface area (Å²) in [6.07, 6.45) is 3.75. The molecule has 3 rings (SSSR count). The van der Waals surface area contributed by atoms with Crippen molar-refractivity contribution in [3.05, 3.63) is 58.0 Å². The van der Waals surface area contributed by atoms with E-state index in [-0.39, 0.29) is 18.4 Å². The van der Waals surface area contributed by atoms with Crippen molar-refractivity contribution in [2.45, 2.75) is 13.0 Å². The number of thiophene rings is 1. The molecule has 1 aromatic heterocycles.